The lowest BCUT2D eigenvalue weighted by Gasteiger charge is -2.30. The van der Waals surface area contributed by atoms with Gasteiger partial charge in [-0.2, -0.15) is 4.31 Å². The van der Waals surface area contributed by atoms with Gasteiger partial charge in [0.2, 0.25) is 10.0 Å². The second-order valence-corrected chi connectivity index (χ2v) is 5.64. The van der Waals surface area contributed by atoms with Gasteiger partial charge in [0, 0.05) is 13.7 Å². The Morgan fingerprint density at radius 2 is 2.18 bits per heavy atom. The van der Waals surface area contributed by atoms with E-state index in [1.807, 2.05) is 0 Å². The third-order valence-electron chi connectivity index (χ3n) is 2.43. The molecular formula is C9H17NO6S. The Balaban J connectivity index is 2.63. The van der Waals surface area contributed by atoms with Crippen molar-refractivity contribution in [2.45, 2.75) is 6.10 Å². The molecule has 1 heterocycles. The first-order chi connectivity index (χ1) is 8.01. The molecule has 100 valence electrons. The number of hydrogen-bond acceptors (Lipinski definition) is 6. The molecule has 1 saturated heterocycles. The van der Waals surface area contributed by atoms with Crippen LogP contribution < -0.4 is 0 Å². The van der Waals surface area contributed by atoms with Crippen LogP contribution in [0.25, 0.3) is 0 Å². The number of carbonyl (C=O) groups is 1. The molecule has 0 aliphatic carbocycles. The number of esters is 1. The van der Waals surface area contributed by atoms with Crippen LogP contribution >= 0.6 is 0 Å². The number of nitrogens with zero attached hydrogens (tertiary/aromatic N) is 1. The Morgan fingerprint density at radius 3 is 2.76 bits per heavy atom. The highest BCUT2D eigenvalue weighted by Gasteiger charge is 2.33. The molecule has 0 spiro atoms. The molecular weight excluding hydrogens is 250 g/mol. The zero-order valence-electron chi connectivity index (χ0n) is 9.92. The summed E-state index contributed by atoms with van der Waals surface area (Å²) < 4.78 is 39.3. The SMILES string of the molecule is COCCS(=O)(=O)N1CCOC(C(=O)OC)C1. The summed E-state index contributed by atoms with van der Waals surface area (Å²) in [6.07, 6.45) is -0.842. The van der Waals surface area contributed by atoms with Crippen molar-refractivity contribution in [2.24, 2.45) is 0 Å². The summed E-state index contributed by atoms with van der Waals surface area (Å²) in [5, 5.41) is 0. The molecule has 8 heteroatoms. The second kappa shape index (κ2) is 6.29. The van der Waals surface area contributed by atoms with Crippen LogP contribution in [0.2, 0.25) is 0 Å². The van der Waals surface area contributed by atoms with Gasteiger partial charge in [0.15, 0.2) is 6.10 Å². The fourth-order valence-corrected chi connectivity index (χ4v) is 2.82. The van der Waals surface area contributed by atoms with Crippen molar-refractivity contribution in [2.75, 3.05) is 46.3 Å². The van der Waals surface area contributed by atoms with E-state index in [4.69, 9.17) is 9.47 Å². The zero-order chi connectivity index (χ0) is 12.9. The average molecular weight is 267 g/mol. The van der Waals surface area contributed by atoms with Gasteiger partial charge in [0.1, 0.15) is 0 Å². The van der Waals surface area contributed by atoms with E-state index in [9.17, 15) is 13.2 Å². The summed E-state index contributed by atoms with van der Waals surface area (Å²) in [5.74, 6) is -0.658. The van der Waals surface area contributed by atoms with Crippen molar-refractivity contribution in [1.82, 2.24) is 4.31 Å². The van der Waals surface area contributed by atoms with Crippen LogP contribution in [-0.4, -0.2) is 71.1 Å². The molecule has 0 bridgehead atoms. The Bertz CT molecular complexity index is 354. The lowest BCUT2D eigenvalue weighted by molar-refractivity contribution is -0.157. The number of rotatable bonds is 5. The highest BCUT2D eigenvalue weighted by molar-refractivity contribution is 7.89. The van der Waals surface area contributed by atoms with Gasteiger partial charge in [-0.15, -0.1) is 0 Å². The molecule has 17 heavy (non-hydrogen) atoms. The largest absolute Gasteiger partial charge is 0.467 e. The standard InChI is InChI=1S/C9H17NO6S/c1-14-5-6-17(12,13)10-3-4-16-8(7-10)9(11)15-2/h8H,3-7H2,1-2H3. The van der Waals surface area contributed by atoms with Crippen LogP contribution in [0.3, 0.4) is 0 Å². The minimum absolute atomic E-state index is 0.00127. The highest BCUT2D eigenvalue weighted by atomic mass is 32.2. The van der Waals surface area contributed by atoms with E-state index in [1.54, 1.807) is 0 Å². The maximum Gasteiger partial charge on any atom is 0.336 e. The van der Waals surface area contributed by atoms with E-state index in [1.165, 1.54) is 18.5 Å². The number of morpholine rings is 1. The topological polar surface area (TPSA) is 82.1 Å². The summed E-state index contributed by atoms with van der Waals surface area (Å²) in [7, 11) is -0.723. The monoisotopic (exact) mass is 267 g/mol. The summed E-state index contributed by atoms with van der Waals surface area (Å²) in [5.41, 5.74) is 0. The van der Waals surface area contributed by atoms with E-state index in [0.29, 0.717) is 0 Å². The van der Waals surface area contributed by atoms with Crippen molar-refractivity contribution < 1.29 is 27.4 Å². The predicted molar refractivity (Wildman–Crippen MR) is 59.0 cm³/mol. The normalized spacial score (nSPS) is 22.4. The van der Waals surface area contributed by atoms with Crippen molar-refractivity contribution >= 4 is 16.0 Å². The molecule has 0 saturated carbocycles. The van der Waals surface area contributed by atoms with Crippen LogP contribution in [0, 0.1) is 0 Å². The molecule has 0 amide bonds. The molecule has 1 unspecified atom stereocenters. The van der Waals surface area contributed by atoms with Gasteiger partial charge >= 0.3 is 5.97 Å². The maximum absolute atomic E-state index is 11.8. The second-order valence-electron chi connectivity index (χ2n) is 3.55. The Hall–Kier alpha value is -0.700. The van der Waals surface area contributed by atoms with Crippen molar-refractivity contribution in [3.05, 3.63) is 0 Å². The van der Waals surface area contributed by atoms with Crippen LogP contribution in [-0.2, 0) is 29.0 Å². The molecule has 1 atom stereocenters. The van der Waals surface area contributed by atoms with Crippen LogP contribution in [0.5, 0.6) is 0 Å². The highest BCUT2D eigenvalue weighted by Crippen LogP contribution is 2.11. The predicted octanol–water partition coefficient (Wildman–Crippen LogP) is -1.16. The molecule has 1 aliphatic rings. The van der Waals surface area contributed by atoms with Crippen molar-refractivity contribution in [1.29, 1.82) is 0 Å². The fourth-order valence-electron chi connectivity index (χ4n) is 1.47. The summed E-state index contributed by atoms with van der Waals surface area (Å²) in [6.45, 7) is 0.562. The quantitative estimate of drug-likeness (QED) is 0.584. The first kappa shape index (κ1) is 14.4. The molecule has 1 fully saturated rings. The number of methoxy groups -OCH3 is 2. The number of carbonyl (C=O) groups excluding carboxylic acids is 1. The van der Waals surface area contributed by atoms with Gasteiger partial charge in [-0.05, 0) is 0 Å². The Morgan fingerprint density at radius 1 is 1.47 bits per heavy atom. The van der Waals surface area contributed by atoms with Gasteiger partial charge in [0.05, 0.1) is 32.6 Å². The third-order valence-corrected chi connectivity index (χ3v) is 4.23. The van der Waals surface area contributed by atoms with E-state index < -0.39 is 22.1 Å². The first-order valence-corrected chi connectivity index (χ1v) is 6.78. The Kier molecular flexibility index (Phi) is 5.31. The molecule has 0 aromatic rings. The smallest absolute Gasteiger partial charge is 0.336 e. The lowest BCUT2D eigenvalue weighted by Crippen LogP contribution is -2.49. The molecule has 0 radical (unpaired) electrons. The lowest BCUT2D eigenvalue weighted by atomic mass is 10.3. The molecule has 0 aromatic heterocycles. The van der Waals surface area contributed by atoms with Gasteiger partial charge in [-0.3, -0.25) is 0 Å². The maximum atomic E-state index is 11.8. The van der Waals surface area contributed by atoms with Crippen molar-refractivity contribution in [3.63, 3.8) is 0 Å². The molecule has 7 nitrogen and oxygen atoms in total. The number of sulfonamides is 1. The minimum Gasteiger partial charge on any atom is -0.467 e. The van der Waals surface area contributed by atoms with Crippen molar-refractivity contribution in [3.8, 4) is 0 Å². The van der Waals surface area contributed by atoms with E-state index in [0.717, 1.165) is 0 Å². The fraction of sp³-hybridized carbons (Fsp3) is 0.889. The summed E-state index contributed by atoms with van der Waals surface area (Å²) >= 11 is 0. The van der Waals surface area contributed by atoms with E-state index in [2.05, 4.69) is 4.74 Å². The minimum atomic E-state index is -3.40. The summed E-state index contributed by atoms with van der Waals surface area (Å²) in [4.78, 5) is 11.3. The van der Waals surface area contributed by atoms with Gasteiger partial charge in [0.25, 0.3) is 0 Å². The number of hydrogen-bond donors (Lipinski definition) is 0. The summed E-state index contributed by atoms with van der Waals surface area (Å²) in [6, 6.07) is 0. The first-order valence-electron chi connectivity index (χ1n) is 5.17. The van der Waals surface area contributed by atoms with E-state index >= 15 is 0 Å². The molecule has 1 aliphatic heterocycles. The Labute approximate surface area is 101 Å². The average Bonchev–Trinajstić information content (AvgIpc) is 2.35. The zero-order valence-corrected chi connectivity index (χ0v) is 10.7. The third kappa shape index (κ3) is 3.91. The van der Waals surface area contributed by atoms with Gasteiger partial charge in [-0.25, -0.2) is 13.2 Å². The van der Waals surface area contributed by atoms with Crippen LogP contribution in [0.4, 0.5) is 0 Å². The van der Waals surface area contributed by atoms with Crippen LogP contribution in [0.1, 0.15) is 0 Å². The van der Waals surface area contributed by atoms with Crippen LogP contribution in [0.15, 0.2) is 0 Å². The van der Waals surface area contributed by atoms with Gasteiger partial charge < -0.3 is 14.2 Å². The number of ether oxygens (including phenoxy) is 3. The molecule has 0 aromatic carbocycles. The molecule has 1 rings (SSSR count). The van der Waals surface area contributed by atoms with E-state index in [-0.39, 0.29) is 32.1 Å². The van der Waals surface area contributed by atoms with Gasteiger partial charge in [-0.1, -0.05) is 0 Å². The molecule has 0 N–H and O–H groups in total.